The first-order chi connectivity index (χ1) is 5.54. The molecule has 4 nitrogen and oxygen atoms in total. The quantitative estimate of drug-likeness (QED) is 0.658. The maximum Gasteiger partial charge on any atom is 0.432 e. The van der Waals surface area contributed by atoms with Gasteiger partial charge in [-0.2, -0.15) is 18.3 Å². The van der Waals surface area contributed by atoms with Gasteiger partial charge in [-0.1, -0.05) is 0 Å². The van der Waals surface area contributed by atoms with Gasteiger partial charge in [0.2, 0.25) is 5.95 Å². The monoisotopic (exact) mass is 178 g/mol. The zero-order chi connectivity index (χ0) is 9.19. The Morgan fingerprint density at radius 2 is 2.17 bits per heavy atom. The van der Waals surface area contributed by atoms with E-state index >= 15 is 0 Å². The van der Waals surface area contributed by atoms with Gasteiger partial charge >= 0.3 is 6.18 Å². The molecule has 12 heavy (non-hydrogen) atoms. The summed E-state index contributed by atoms with van der Waals surface area (Å²) in [4.78, 5) is 5.29. The van der Waals surface area contributed by atoms with Crippen molar-refractivity contribution < 1.29 is 13.2 Å². The molecule has 0 spiro atoms. The first-order valence-electron chi connectivity index (χ1n) is 2.96. The number of aromatic nitrogens is 2. The molecule has 1 heterocycles. The summed E-state index contributed by atoms with van der Waals surface area (Å²) in [6, 6.07) is 0. The predicted octanol–water partition coefficient (Wildman–Crippen LogP) is 2.14. The largest absolute Gasteiger partial charge is 0.432 e. The van der Waals surface area contributed by atoms with Gasteiger partial charge in [0.15, 0.2) is 0 Å². The molecule has 1 aromatic heterocycles. The highest BCUT2D eigenvalue weighted by Gasteiger charge is 2.32. The maximum absolute atomic E-state index is 11.9. The molecule has 0 atom stereocenters. The van der Waals surface area contributed by atoms with Gasteiger partial charge in [0.1, 0.15) is 5.69 Å². The maximum atomic E-state index is 11.9. The highest BCUT2D eigenvalue weighted by molar-refractivity contribution is 5.18. The van der Waals surface area contributed by atoms with E-state index in [1.807, 2.05) is 4.98 Å². The Balaban J connectivity index is 2.92. The van der Waals surface area contributed by atoms with Crippen molar-refractivity contribution in [1.29, 1.82) is 0 Å². The van der Waals surface area contributed by atoms with Crippen LogP contribution >= 0.6 is 0 Å². The van der Waals surface area contributed by atoms with Crippen LogP contribution in [0.15, 0.2) is 16.4 Å². The van der Waals surface area contributed by atoms with Crippen molar-refractivity contribution in [2.45, 2.75) is 6.18 Å². The minimum absolute atomic E-state index is 0.148. The Kier molecular flexibility index (Phi) is 2.11. The molecule has 0 unspecified atom stereocenters. The number of hydrogen-bond acceptors (Lipinski definition) is 3. The molecule has 0 aromatic carbocycles. The van der Waals surface area contributed by atoms with Gasteiger partial charge in [-0.3, -0.25) is 0 Å². The molecular weight excluding hydrogens is 173 g/mol. The van der Waals surface area contributed by atoms with Crippen molar-refractivity contribution in [3.05, 3.63) is 11.9 Å². The van der Waals surface area contributed by atoms with Crippen LogP contribution < -0.4 is 0 Å². The SMILES string of the molecule is CN=Nc1ncc(C(F)(F)F)[nH]1. The smallest absolute Gasteiger partial charge is 0.317 e. The summed E-state index contributed by atoms with van der Waals surface area (Å²) in [7, 11) is 1.34. The zero-order valence-corrected chi connectivity index (χ0v) is 6.05. The van der Waals surface area contributed by atoms with Crippen LogP contribution in [0.25, 0.3) is 0 Å². The fraction of sp³-hybridized carbons (Fsp3) is 0.400. The lowest BCUT2D eigenvalue weighted by Gasteiger charge is -1.99. The summed E-state index contributed by atoms with van der Waals surface area (Å²) < 4.78 is 35.7. The van der Waals surface area contributed by atoms with Crippen molar-refractivity contribution in [3.8, 4) is 0 Å². The molecule has 0 bridgehead atoms. The molecule has 0 aliphatic rings. The highest BCUT2D eigenvalue weighted by atomic mass is 19.4. The molecule has 0 aliphatic heterocycles. The Labute approximate surface area is 65.5 Å². The number of hydrogen-bond donors (Lipinski definition) is 1. The Hall–Kier alpha value is -1.40. The molecule has 1 N–H and O–H groups in total. The second kappa shape index (κ2) is 2.92. The standard InChI is InChI=1S/C5H5F3N4/c1-9-12-4-10-2-3(11-4)5(6,7)8/h2H,1H3,(H,10,11). The minimum atomic E-state index is -4.41. The minimum Gasteiger partial charge on any atom is -0.317 e. The number of nitrogens with one attached hydrogen (secondary N) is 1. The van der Waals surface area contributed by atoms with Crippen LogP contribution in [0.4, 0.5) is 19.1 Å². The molecule has 0 saturated carbocycles. The predicted molar refractivity (Wildman–Crippen MR) is 34.0 cm³/mol. The van der Waals surface area contributed by atoms with Crippen LogP contribution in [0.3, 0.4) is 0 Å². The second-order valence-electron chi connectivity index (χ2n) is 1.92. The van der Waals surface area contributed by atoms with Crippen molar-refractivity contribution >= 4 is 5.95 Å². The third-order valence-corrected chi connectivity index (χ3v) is 1.06. The van der Waals surface area contributed by atoms with E-state index in [1.54, 1.807) is 0 Å². The van der Waals surface area contributed by atoms with Crippen molar-refractivity contribution in [2.24, 2.45) is 10.2 Å². The lowest BCUT2D eigenvalue weighted by Crippen LogP contribution is -2.04. The summed E-state index contributed by atoms with van der Waals surface area (Å²) in [6.07, 6.45) is -3.74. The topological polar surface area (TPSA) is 53.4 Å². The van der Waals surface area contributed by atoms with Gasteiger partial charge in [0.25, 0.3) is 0 Å². The van der Waals surface area contributed by atoms with E-state index in [-0.39, 0.29) is 5.95 Å². The Morgan fingerprint density at radius 1 is 1.50 bits per heavy atom. The second-order valence-corrected chi connectivity index (χ2v) is 1.92. The summed E-state index contributed by atoms with van der Waals surface area (Å²) >= 11 is 0. The summed E-state index contributed by atoms with van der Waals surface area (Å²) in [5.74, 6) is -0.148. The van der Waals surface area contributed by atoms with Crippen LogP contribution in [0.1, 0.15) is 5.69 Å². The van der Waals surface area contributed by atoms with Gasteiger partial charge in [0, 0.05) is 7.05 Å². The van der Waals surface area contributed by atoms with E-state index < -0.39 is 11.9 Å². The Bertz CT molecular complexity index is 287. The highest BCUT2D eigenvalue weighted by Crippen LogP contribution is 2.28. The van der Waals surface area contributed by atoms with E-state index in [0.717, 1.165) is 0 Å². The van der Waals surface area contributed by atoms with Gasteiger partial charge < -0.3 is 4.98 Å². The average molecular weight is 178 g/mol. The average Bonchev–Trinajstić information content (AvgIpc) is 2.35. The molecule has 66 valence electrons. The lowest BCUT2D eigenvalue weighted by molar-refractivity contribution is -0.140. The Morgan fingerprint density at radius 3 is 2.58 bits per heavy atom. The first-order valence-corrected chi connectivity index (χ1v) is 2.96. The van der Waals surface area contributed by atoms with E-state index in [1.165, 1.54) is 7.05 Å². The third-order valence-electron chi connectivity index (χ3n) is 1.06. The van der Waals surface area contributed by atoms with Gasteiger partial charge in [-0.05, 0) is 0 Å². The molecule has 0 saturated heterocycles. The van der Waals surface area contributed by atoms with Crippen molar-refractivity contribution in [2.75, 3.05) is 7.05 Å². The molecule has 0 amide bonds. The number of nitrogens with zero attached hydrogens (tertiary/aromatic N) is 3. The van der Waals surface area contributed by atoms with Crippen LogP contribution in [0, 0.1) is 0 Å². The summed E-state index contributed by atoms with van der Waals surface area (Å²) in [5.41, 5.74) is -0.926. The van der Waals surface area contributed by atoms with Gasteiger partial charge in [-0.25, -0.2) is 4.98 Å². The molecule has 7 heteroatoms. The third kappa shape index (κ3) is 1.80. The summed E-state index contributed by atoms with van der Waals surface area (Å²) in [5, 5.41) is 6.56. The number of azo groups is 1. The van der Waals surface area contributed by atoms with Crippen molar-refractivity contribution in [3.63, 3.8) is 0 Å². The molecular formula is C5H5F3N4. The number of halogens is 3. The van der Waals surface area contributed by atoms with Crippen LogP contribution in [-0.4, -0.2) is 17.0 Å². The van der Waals surface area contributed by atoms with Crippen LogP contribution in [-0.2, 0) is 6.18 Å². The zero-order valence-electron chi connectivity index (χ0n) is 6.05. The summed E-state index contributed by atoms with van der Waals surface area (Å²) in [6.45, 7) is 0. The number of aromatic amines is 1. The number of alkyl halides is 3. The fourth-order valence-corrected chi connectivity index (χ4v) is 0.600. The number of imidazole rings is 1. The van der Waals surface area contributed by atoms with Crippen LogP contribution in [0.2, 0.25) is 0 Å². The molecule has 1 rings (SSSR count). The van der Waals surface area contributed by atoms with Gasteiger partial charge in [0.05, 0.1) is 6.20 Å². The molecule has 0 fully saturated rings. The first kappa shape index (κ1) is 8.69. The van der Waals surface area contributed by atoms with E-state index in [4.69, 9.17) is 0 Å². The van der Waals surface area contributed by atoms with Gasteiger partial charge in [-0.15, -0.1) is 5.11 Å². The lowest BCUT2D eigenvalue weighted by atomic mass is 10.5. The number of rotatable bonds is 1. The fourth-order valence-electron chi connectivity index (χ4n) is 0.600. The molecule has 0 radical (unpaired) electrons. The number of H-pyrrole nitrogens is 1. The molecule has 1 aromatic rings. The normalized spacial score (nSPS) is 12.7. The van der Waals surface area contributed by atoms with E-state index in [9.17, 15) is 13.2 Å². The molecule has 0 aliphatic carbocycles. The van der Waals surface area contributed by atoms with Crippen molar-refractivity contribution in [1.82, 2.24) is 9.97 Å². The van der Waals surface area contributed by atoms with Crippen LogP contribution in [0.5, 0.6) is 0 Å². The van der Waals surface area contributed by atoms with E-state index in [0.29, 0.717) is 6.20 Å². The van der Waals surface area contributed by atoms with E-state index in [2.05, 4.69) is 15.2 Å².